The van der Waals surface area contributed by atoms with Gasteiger partial charge in [0.15, 0.2) is 5.78 Å². The van der Waals surface area contributed by atoms with Crippen LogP contribution in [0.2, 0.25) is 0 Å². The summed E-state index contributed by atoms with van der Waals surface area (Å²) < 4.78 is 25.6. The van der Waals surface area contributed by atoms with Crippen LogP contribution in [0.4, 0.5) is 4.39 Å². The Morgan fingerprint density at radius 3 is 2.50 bits per heavy atom. The molecule has 0 bridgehead atoms. The van der Waals surface area contributed by atoms with Crippen LogP contribution in [0.25, 0.3) is 0 Å². The van der Waals surface area contributed by atoms with Gasteiger partial charge in [-0.15, -0.1) is 0 Å². The number of ether oxygens (including phenoxy) is 1. The van der Waals surface area contributed by atoms with Crippen LogP contribution in [0.3, 0.4) is 0 Å². The van der Waals surface area contributed by atoms with Crippen molar-refractivity contribution in [1.82, 2.24) is 9.47 Å². The molecular weight excluding hydrogens is 415 g/mol. The van der Waals surface area contributed by atoms with Crippen LogP contribution in [0.15, 0.2) is 47.1 Å². The number of rotatable bonds is 8. The summed E-state index contributed by atoms with van der Waals surface area (Å²) in [6.45, 7) is 5.54. The first-order valence-electron chi connectivity index (χ1n) is 10.2. The van der Waals surface area contributed by atoms with Crippen LogP contribution in [0.1, 0.15) is 55.1 Å². The van der Waals surface area contributed by atoms with Gasteiger partial charge in [-0.05, 0) is 56.7 Å². The third-order valence-corrected chi connectivity index (χ3v) is 5.36. The van der Waals surface area contributed by atoms with Crippen LogP contribution in [0, 0.1) is 19.7 Å². The van der Waals surface area contributed by atoms with E-state index >= 15 is 0 Å². The highest BCUT2D eigenvalue weighted by Gasteiger charge is 2.29. The number of methoxy groups -OCH3 is 1. The topological polar surface area (TPSA) is 81.8 Å². The van der Waals surface area contributed by atoms with Gasteiger partial charge in [0.2, 0.25) is 0 Å². The molecule has 2 aromatic heterocycles. The standard InChI is InChI=1S/C24H25FN2O5/c1-5-27-16(3)21(15(2)22(27)24(30)31-4)20(28)14-26(13-19-10-7-11-32-19)23(29)17-8-6-9-18(25)12-17/h6-12H,5,13-14H2,1-4H3. The lowest BCUT2D eigenvalue weighted by Gasteiger charge is -2.21. The Labute approximate surface area is 185 Å². The van der Waals surface area contributed by atoms with E-state index in [1.165, 1.54) is 36.5 Å². The van der Waals surface area contributed by atoms with E-state index in [2.05, 4.69) is 0 Å². The average molecular weight is 440 g/mol. The van der Waals surface area contributed by atoms with Gasteiger partial charge in [-0.25, -0.2) is 9.18 Å². The summed E-state index contributed by atoms with van der Waals surface area (Å²) in [7, 11) is 1.29. The molecule has 0 unspecified atom stereocenters. The zero-order valence-electron chi connectivity index (χ0n) is 18.5. The summed E-state index contributed by atoms with van der Waals surface area (Å²) in [5.41, 5.74) is 1.91. The predicted molar refractivity (Wildman–Crippen MR) is 115 cm³/mol. The van der Waals surface area contributed by atoms with Crippen molar-refractivity contribution in [1.29, 1.82) is 0 Å². The number of halogens is 1. The molecule has 168 valence electrons. The Morgan fingerprint density at radius 2 is 1.91 bits per heavy atom. The number of nitrogens with zero attached hydrogens (tertiary/aromatic N) is 2. The van der Waals surface area contributed by atoms with Crippen LogP contribution in [-0.2, 0) is 17.8 Å². The van der Waals surface area contributed by atoms with E-state index in [1.54, 1.807) is 30.5 Å². The lowest BCUT2D eigenvalue weighted by molar-refractivity contribution is 0.0587. The Balaban J connectivity index is 1.98. The molecule has 3 rings (SSSR count). The maximum absolute atomic E-state index is 13.7. The number of furan rings is 1. The number of ketones is 1. The molecule has 0 aliphatic rings. The zero-order valence-corrected chi connectivity index (χ0v) is 18.5. The van der Waals surface area contributed by atoms with Crippen molar-refractivity contribution in [3.05, 3.63) is 82.3 Å². The summed E-state index contributed by atoms with van der Waals surface area (Å²) in [5, 5.41) is 0. The highest BCUT2D eigenvalue weighted by molar-refractivity contribution is 6.06. The summed E-state index contributed by atoms with van der Waals surface area (Å²) in [4.78, 5) is 40.1. The van der Waals surface area contributed by atoms with Gasteiger partial charge in [0.25, 0.3) is 5.91 Å². The summed E-state index contributed by atoms with van der Waals surface area (Å²) in [5.74, 6) is -1.44. The van der Waals surface area contributed by atoms with Gasteiger partial charge >= 0.3 is 5.97 Å². The van der Waals surface area contributed by atoms with Crippen LogP contribution >= 0.6 is 0 Å². The minimum absolute atomic E-state index is 0.0323. The van der Waals surface area contributed by atoms with E-state index in [0.717, 1.165) is 6.07 Å². The number of hydrogen-bond donors (Lipinski definition) is 0. The molecule has 8 heteroatoms. The number of esters is 1. The molecular formula is C24H25FN2O5. The quantitative estimate of drug-likeness (QED) is 0.388. The molecule has 7 nitrogen and oxygen atoms in total. The van der Waals surface area contributed by atoms with Gasteiger partial charge in [-0.3, -0.25) is 9.59 Å². The fourth-order valence-electron chi connectivity index (χ4n) is 3.91. The largest absolute Gasteiger partial charge is 0.467 e. The second-order valence-electron chi connectivity index (χ2n) is 7.34. The monoisotopic (exact) mass is 440 g/mol. The lowest BCUT2D eigenvalue weighted by Crippen LogP contribution is -2.35. The van der Waals surface area contributed by atoms with E-state index < -0.39 is 17.7 Å². The molecule has 3 aromatic rings. The molecule has 0 saturated heterocycles. The normalized spacial score (nSPS) is 10.8. The van der Waals surface area contributed by atoms with Gasteiger partial charge in [-0.2, -0.15) is 0 Å². The number of carbonyl (C=O) groups excluding carboxylic acids is 3. The van der Waals surface area contributed by atoms with Gasteiger partial charge < -0.3 is 18.6 Å². The Bertz CT molecular complexity index is 1150. The Morgan fingerprint density at radius 1 is 1.16 bits per heavy atom. The van der Waals surface area contributed by atoms with E-state index in [-0.39, 0.29) is 24.4 Å². The molecule has 0 spiro atoms. The number of hydrogen-bond acceptors (Lipinski definition) is 5. The van der Waals surface area contributed by atoms with Crippen molar-refractivity contribution in [3.63, 3.8) is 0 Å². The van der Waals surface area contributed by atoms with E-state index in [0.29, 0.717) is 34.8 Å². The second kappa shape index (κ2) is 9.64. The van der Waals surface area contributed by atoms with Gasteiger partial charge in [-0.1, -0.05) is 6.07 Å². The first-order chi connectivity index (χ1) is 15.3. The van der Waals surface area contributed by atoms with E-state index in [1.807, 2.05) is 6.92 Å². The molecule has 1 aromatic carbocycles. The molecule has 0 aliphatic heterocycles. The third kappa shape index (κ3) is 4.49. The number of aromatic nitrogens is 1. The number of Topliss-reactive ketones (excluding diaryl/α,β-unsaturated/α-hetero) is 1. The van der Waals surface area contributed by atoms with Crippen molar-refractivity contribution in [2.75, 3.05) is 13.7 Å². The Kier molecular flexibility index (Phi) is 6.92. The third-order valence-electron chi connectivity index (χ3n) is 5.36. The average Bonchev–Trinajstić information content (AvgIpc) is 3.37. The van der Waals surface area contributed by atoms with Gasteiger partial charge in [0.1, 0.15) is 17.3 Å². The van der Waals surface area contributed by atoms with E-state index in [9.17, 15) is 18.8 Å². The molecule has 0 N–H and O–H groups in total. The summed E-state index contributed by atoms with van der Waals surface area (Å²) >= 11 is 0. The van der Waals surface area contributed by atoms with Crippen molar-refractivity contribution < 1.29 is 27.9 Å². The lowest BCUT2D eigenvalue weighted by atomic mass is 10.0. The minimum atomic E-state index is -0.547. The molecule has 0 aliphatic carbocycles. The first kappa shape index (κ1) is 23.0. The maximum atomic E-state index is 13.7. The first-order valence-corrected chi connectivity index (χ1v) is 10.2. The molecule has 0 fully saturated rings. The highest BCUT2D eigenvalue weighted by atomic mass is 19.1. The van der Waals surface area contributed by atoms with Crippen molar-refractivity contribution in [2.24, 2.45) is 0 Å². The fourth-order valence-corrected chi connectivity index (χ4v) is 3.91. The predicted octanol–water partition coefficient (Wildman–Crippen LogP) is 4.17. The highest BCUT2D eigenvalue weighted by Crippen LogP contribution is 2.24. The van der Waals surface area contributed by atoms with Gasteiger partial charge in [0.05, 0.1) is 26.5 Å². The van der Waals surface area contributed by atoms with Crippen molar-refractivity contribution >= 4 is 17.7 Å². The van der Waals surface area contributed by atoms with Crippen LogP contribution < -0.4 is 0 Å². The van der Waals surface area contributed by atoms with Crippen molar-refractivity contribution in [3.8, 4) is 0 Å². The molecule has 0 atom stereocenters. The summed E-state index contributed by atoms with van der Waals surface area (Å²) in [6.07, 6.45) is 1.47. The second-order valence-corrected chi connectivity index (χ2v) is 7.34. The Hall–Kier alpha value is -3.68. The molecule has 0 saturated carbocycles. The molecule has 2 heterocycles. The minimum Gasteiger partial charge on any atom is -0.467 e. The SMILES string of the molecule is CCn1c(C)c(C(=O)CN(Cc2ccco2)C(=O)c2cccc(F)c2)c(C)c1C(=O)OC. The van der Waals surface area contributed by atoms with Crippen LogP contribution in [0.5, 0.6) is 0 Å². The zero-order chi connectivity index (χ0) is 23.4. The number of carbonyl (C=O) groups is 3. The number of benzene rings is 1. The molecule has 32 heavy (non-hydrogen) atoms. The smallest absolute Gasteiger partial charge is 0.354 e. The number of amides is 1. The summed E-state index contributed by atoms with van der Waals surface area (Å²) in [6, 6.07) is 8.67. The van der Waals surface area contributed by atoms with Crippen LogP contribution in [-0.4, -0.2) is 40.8 Å². The molecule has 1 amide bonds. The van der Waals surface area contributed by atoms with Gasteiger partial charge in [0, 0.05) is 23.4 Å². The maximum Gasteiger partial charge on any atom is 0.354 e. The fraction of sp³-hybridized carbons (Fsp3) is 0.292. The van der Waals surface area contributed by atoms with E-state index in [4.69, 9.17) is 9.15 Å². The van der Waals surface area contributed by atoms with Crippen molar-refractivity contribution in [2.45, 2.75) is 33.9 Å². The molecule has 0 radical (unpaired) electrons.